The quantitative estimate of drug-likeness (QED) is 0.414. The molecule has 7 nitrogen and oxygen atoms in total. The Labute approximate surface area is 218 Å². The molecule has 3 aromatic carbocycles. The Hall–Kier alpha value is -3.72. The van der Waals surface area contributed by atoms with Crippen molar-refractivity contribution in [3.8, 4) is 0 Å². The zero-order valence-corrected chi connectivity index (χ0v) is 22.0. The molecule has 3 rings (SSSR count). The van der Waals surface area contributed by atoms with Crippen molar-refractivity contribution in [2.75, 3.05) is 23.7 Å². The molecule has 1 unspecified atom stereocenters. The Morgan fingerprint density at radius 3 is 2.22 bits per heavy atom. The Balaban J connectivity index is 2.03. The lowest BCUT2D eigenvalue weighted by Gasteiger charge is -2.33. The number of benzene rings is 3. The van der Waals surface area contributed by atoms with Crippen molar-refractivity contribution in [3.63, 3.8) is 0 Å². The second-order valence-corrected chi connectivity index (χ2v) is 10.8. The maximum Gasteiger partial charge on any atom is 0.244 e. The number of likely N-dealkylation sites (N-methyl/N-ethyl adjacent to an activating group) is 1. The number of nitrogens with zero attached hydrogens (tertiary/aromatic N) is 2. The second kappa shape index (κ2) is 12.5. The van der Waals surface area contributed by atoms with Gasteiger partial charge in [0.2, 0.25) is 21.8 Å². The number of anilines is 1. The van der Waals surface area contributed by atoms with Crippen molar-refractivity contribution in [3.05, 3.63) is 101 Å². The highest BCUT2D eigenvalue weighted by Gasteiger charge is 2.32. The van der Waals surface area contributed by atoms with Crippen molar-refractivity contribution < 1.29 is 22.4 Å². The van der Waals surface area contributed by atoms with Crippen LogP contribution in [0.2, 0.25) is 0 Å². The molecule has 0 aromatic heterocycles. The first kappa shape index (κ1) is 27.9. The molecule has 0 aliphatic rings. The molecule has 2 amide bonds. The van der Waals surface area contributed by atoms with E-state index in [1.165, 1.54) is 17.0 Å². The minimum absolute atomic E-state index is 0.000826. The Bertz CT molecular complexity index is 1310. The van der Waals surface area contributed by atoms with Gasteiger partial charge in [0, 0.05) is 19.5 Å². The SMILES string of the molecule is CCNC(=O)C(Cc1ccccc1)N(Cc1ccc(F)cc1)C(=O)CN(c1cccc(C)c1)S(C)(=O)=O. The van der Waals surface area contributed by atoms with Gasteiger partial charge < -0.3 is 10.2 Å². The van der Waals surface area contributed by atoms with Crippen molar-refractivity contribution in [1.82, 2.24) is 10.2 Å². The van der Waals surface area contributed by atoms with Crippen LogP contribution in [0.3, 0.4) is 0 Å². The fourth-order valence-electron chi connectivity index (χ4n) is 4.03. The Kier molecular flexibility index (Phi) is 9.41. The van der Waals surface area contributed by atoms with Gasteiger partial charge in [0.1, 0.15) is 18.4 Å². The van der Waals surface area contributed by atoms with Gasteiger partial charge in [-0.05, 0) is 54.8 Å². The molecule has 3 aromatic rings. The van der Waals surface area contributed by atoms with Crippen LogP contribution in [-0.2, 0) is 32.6 Å². The first-order chi connectivity index (χ1) is 17.6. The summed E-state index contributed by atoms with van der Waals surface area (Å²) in [6.07, 6.45) is 1.26. The molecule has 0 radical (unpaired) electrons. The van der Waals surface area contributed by atoms with Crippen LogP contribution in [0.4, 0.5) is 10.1 Å². The topological polar surface area (TPSA) is 86.8 Å². The van der Waals surface area contributed by atoms with Crippen LogP contribution in [0.15, 0.2) is 78.9 Å². The van der Waals surface area contributed by atoms with Gasteiger partial charge in [-0.3, -0.25) is 13.9 Å². The fraction of sp³-hybridized carbons (Fsp3) is 0.286. The van der Waals surface area contributed by atoms with Crippen molar-refractivity contribution >= 4 is 27.5 Å². The van der Waals surface area contributed by atoms with Crippen LogP contribution >= 0.6 is 0 Å². The van der Waals surface area contributed by atoms with E-state index >= 15 is 0 Å². The molecule has 37 heavy (non-hydrogen) atoms. The summed E-state index contributed by atoms with van der Waals surface area (Å²) in [6.45, 7) is 3.49. The highest BCUT2D eigenvalue weighted by molar-refractivity contribution is 7.92. The lowest BCUT2D eigenvalue weighted by molar-refractivity contribution is -0.140. The molecule has 0 heterocycles. The summed E-state index contributed by atoms with van der Waals surface area (Å²) >= 11 is 0. The maximum atomic E-state index is 13.8. The van der Waals surface area contributed by atoms with Gasteiger partial charge >= 0.3 is 0 Å². The third-order valence-electron chi connectivity index (χ3n) is 5.86. The molecule has 0 aliphatic heterocycles. The monoisotopic (exact) mass is 525 g/mol. The number of hydrogen-bond acceptors (Lipinski definition) is 4. The number of halogens is 1. The molecule has 0 saturated carbocycles. The number of hydrogen-bond donors (Lipinski definition) is 1. The largest absolute Gasteiger partial charge is 0.355 e. The van der Waals surface area contributed by atoms with Gasteiger partial charge in [-0.1, -0.05) is 54.6 Å². The average Bonchev–Trinajstić information content (AvgIpc) is 2.85. The summed E-state index contributed by atoms with van der Waals surface area (Å²) in [4.78, 5) is 28.4. The number of sulfonamides is 1. The molecule has 1 N–H and O–H groups in total. The van der Waals surface area contributed by atoms with Crippen LogP contribution in [-0.4, -0.2) is 50.5 Å². The molecule has 0 fully saturated rings. The van der Waals surface area contributed by atoms with Gasteiger partial charge in [-0.2, -0.15) is 0 Å². The van der Waals surface area contributed by atoms with E-state index in [0.29, 0.717) is 17.8 Å². The molecule has 9 heteroatoms. The minimum atomic E-state index is -3.82. The van der Waals surface area contributed by atoms with E-state index in [9.17, 15) is 22.4 Å². The molecule has 0 bridgehead atoms. The third-order valence-corrected chi connectivity index (χ3v) is 7.00. The van der Waals surface area contributed by atoms with Crippen molar-refractivity contribution in [2.24, 2.45) is 0 Å². The first-order valence-corrected chi connectivity index (χ1v) is 13.8. The van der Waals surface area contributed by atoms with E-state index < -0.39 is 34.3 Å². The number of carbonyl (C=O) groups is 2. The van der Waals surface area contributed by atoms with E-state index in [4.69, 9.17) is 0 Å². The average molecular weight is 526 g/mol. The number of aryl methyl sites for hydroxylation is 1. The van der Waals surface area contributed by atoms with Gasteiger partial charge in [0.15, 0.2) is 0 Å². The molecule has 0 aliphatic carbocycles. The van der Waals surface area contributed by atoms with Crippen LogP contribution in [0.1, 0.15) is 23.6 Å². The van der Waals surface area contributed by atoms with Crippen LogP contribution in [0.5, 0.6) is 0 Å². The lowest BCUT2D eigenvalue weighted by atomic mass is 10.0. The summed E-state index contributed by atoms with van der Waals surface area (Å²) in [7, 11) is -3.82. The van der Waals surface area contributed by atoms with Crippen LogP contribution < -0.4 is 9.62 Å². The predicted octanol–water partition coefficient (Wildman–Crippen LogP) is 3.68. The summed E-state index contributed by atoms with van der Waals surface area (Å²) in [5.41, 5.74) is 2.65. The smallest absolute Gasteiger partial charge is 0.244 e. The van der Waals surface area contributed by atoms with Crippen LogP contribution in [0.25, 0.3) is 0 Å². The molecular weight excluding hydrogens is 493 g/mol. The number of amides is 2. The van der Waals surface area contributed by atoms with E-state index in [-0.39, 0.29) is 18.9 Å². The summed E-state index contributed by atoms with van der Waals surface area (Å²) < 4.78 is 40.1. The van der Waals surface area contributed by atoms with E-state index in [1.807, 2.05) is 43.3 Å². The molecule has 1 atom stereocenters. The summed E-state index contributed by atoms with van der Waals surface area (Å²) in [6, 6.07) is 20.9. The highest BCUT2D eigenvalue weighted by Crippen LogP contribution is 2.21. The van der Waals surface area contributed by atoms with E-state index in [0.717, 1.165) is 21.7 Å². The lowest BCUT2D eigenvalue weighted by Crippen LogP contribution is -2.53. The van der Waals surface area contributed by atoms with Crippen molar-refractivity contribution in [2.45, 2.75) is 32.9 Å². The molecule has 0 spiro atoms. The molecular formula is C28H32FN3O4S. The van der Waals surface area contributed by atoms with Gasteiger partial charge in [-0.15, -0.1) is 0 Å². The summed E-state index contributed by atoms with van der Waals surface area (Å²) in [5.74, 6) is -1.33. The second-order valence-electron chi connectivity index (χ2n) is 8.86. The normalized spacial score (nSPS) is 12.0. The molecule has 196 valence electrons. The van der Waals surface area contributed by atoms with Gasteiger partial charge in [-0.25, -0.2) is 12.8 Å². The maximum absolute atomic E-state index is 13.8. The fourth-order valence-corrected chi connectivity index (χ4v) is 4.87. The number of carbonyl (C=O) groups excluding carboxylic acids is 2. The molecule has 0 saturated heterocycles. The zero-order valence-electron chi connectivity index (χ0n) is 21.2. The van der Waals surface area contributed by atoms with E-state index in [2.05, 4.69) is 5.32 Å². The van der Waals surface area contributed by atoms with Crippen LogP contribution in [0, 0.1) is 12.7 Å². The van der Waals surface area contributed by atoms with Gasteiger partial charge in [0.05, 0.1) is 11.9 Å². The third kappa shape index (κ3) is 7.88. The Morgan fingerprint density at radius 1 is 0.946 bits per heavy atom. The van der Waals surface area contributed by atoms with Gasteiger partial charge in [0.25, 0.3) is 0 Å². The highest BCUT2D eigenvalue weighted by atomic mass is 32.2. The zero-order chi connectivity index (χ0) is 27.0. The minimum Gasteiger partial charge on any atom is -0.355 e. The first-order valence-electron chi connectivity index (χ1n) is 12.0. The number of rotatable bonds is 11. The summed E-state index contributed by atoms with van der Waals surface area (Å²) in [5, 5.41) is 2.79. The standard InChI is InChI=1S/C28H32FN3O4S/c1-4-30-28(34)26(18-22-10-6-5-7-11-22)31(19-23-13-15-24(29)16-14-23)27(33)20-32(37(3,35)36)25-12-8-9-21(2)17-25/h5-17,26H,4,18-20H2,1-3H3,(H,30,34). The Morgan fingerprint density at radius 2 is 1.62 bits per heavy atom. The van der Waals surface area contributed by atoms with E-state index in [1.54, 1.807) is 37.3 Å². The number of nitrogens with one attached hydrogen (secondary N) is 1. The van der Waals surface area contributed by atoms with Crippen molar-refractivity contribution in [1.29, 1.82) is 0 Å². The predicted molar refractivity (Wildman–Crippen MR) is 143 cm³/mol.